The van der Waals surface area contributed by atoms with Gasteiger partial charge in [-0.05, 0) is 87.5 Å². The third-order valence-electron chi connectivity index (χ3n) is 6.77. The van der Waals surface area contributed by atoms with Crippen LogP contribution in [0.5, 0.6) is 0 Å². The number of carbonyl (C=O) groups is 1. The van der Waals surface area contributed by atoms with E-state index in [1.165, 1.54) is 38.9 Å². The molecule has 5 nitrogen and oxygen atoms in total. The molecule has 0 bridgehead atoms. The molecule has 1 aliphatic heterocycles. The fraction of sp³-hybridized carbons (Fsp3) is 0.440. The van der Waals surface area contributed by atoms with Gasteiger partial charge in [0.05, 0.1) is 0 Å². The Bertz CT molecular complexity index is 987. The van der Waals surface area contributed by atoms with Gasteiger partial charge in [-0.25, -0.2) is 4.98 Å². The first-order valence-electron chi connectivity index (χ1n) is 11.1. The second kappa shape index (κ2) is 8.23. The predicted octanol–water partition coefficient (Wildman–Crippen LogP) is 4.83. The van der Waals surface area contributed by atoms with E-state index in [0.717, 1.165) is 41.0 Å². The molecule has 3 aromatic rings. The number of hydrogen-bond acceptors (Lipinski definition) is 4. The summed E-state index contributed by atoms with van der Waals surface area (Å²) in [6.07, 6.45) is 6.15. The van der Waals surface area contributed by atoms with Crippen molar-refractivity contribution in [3.63, 3.8) is 0 Å². The van der Waals surface area contributed by atoms with Crippen molar-refractivity contribution in [1.82, 2.24) is 14.8 Å². The lowest BCUT2D eigenvalue weighted by Gasteiger charge is -2.26. The molecule has 5 rings (SSSR count). The van der Waals surface area contributed by atoms with Crippen LogP contribution in [0.15, 0.2) is 52.9 Å². The smallest absolute Gasteiger partial charge is 0.253 e. The zero-order valence-corrected chi connectivity index (χ0v) is 17.6. The minimum absolute atomic E-state index is 0.103. The van der Waals surface area contributed by atoms with Crippen LogP contribution in [-0.4, -0.2) is 53.4 Å². The molecule has 1 saturated heterocycles. The average Bonchev–Trinajstić information content (AvgIpc) is 3.54. The van der Waals surface area contributed by atoms with Crippen LogP contribution < -0.4 is 0 Å². The predicted molar refractivity (Wildman–Crippen MR) is 118 cm³/mol. The number of benzene rings is 2. The van der Waals surface area contributed by atoms with E-state index in [9.17, 15) is 4.79 Å². The van der Waals surface area contributed by atoms with E-state index in [1.54, 1.807) is 0 Å². The summed E-state index contributed by atoms with van der Waals surface area (Å²) in [5, 5.41) is 0. The molecule has 0 radical (unpaired) electrons. The van der Waals surface area contributed by atoms with Gasteiger partial charge in [-0.3, -0.25) is 4.79 Å². The first kappa shape index (κ1) is 19.3. The number of nitrogens with zero attached hydrogens (tertiary/aromatic N) is 3. The minimum Gasteiger partial charge on any atom is -0.436 e. The summed E-state index contributed by atoms with van der Waals surface area (Å²) >= 11 is 0. The number of aromatic nitrogens is 1. The van der Waals surface area contributed by atoms with Crippen molar-refractivity contribution in [1.29, 1.82) is 0 Å². The van der Waals surface area contributed by atoms with Gasteiger partial charge in [0, 0.05) is 30.8 Å². The summed E-state index contributed by atoms with van der Waals surface area (Å²) < 4.78 is 5.84. The van der Waals surface area contributed by atoms with E-state index < -0.39 is 0 Å². The lowest BCUT2D eigenvalue weighted by Crippen LogP contribution is -2.36. The summed E-state index contributed by atoms with van der Waals surface area (Å²) in [7, 11) is 1.96. The van der Waals surface area contributed by atoms with Crippen LogP contribution in [0.3, 0.4) is 0 Å². The zero-order chi connectivity index (χ0) is 20.5. The molecule has 0 spiro atoms. The molecule has 2 atom stereocenters. The highest BCUT2D eigenvalue weighted by atomic mass is 16.3. The van der Waals surface area contributed by atoms with Crippen LogP contribution in [0.2, 0.25) is 0 Å². The quantitative estimate of drug-likeness (QED) is 0.612. The number of hydrogen-bond donors (Lipinski definition) is 0. The first-order chi connectivity index (χ1) is 14.7. The normalized spacial score (nSPS) is 22.0. The Morgan fingerprint density at radius 1 is 1.10 bits per heavy atom. The molecule has 2 fully saturated rings. The Balaban J connectivity index is 1.23. The molecule has 1 amide bonds. The van der Waals surface area contributed by atoms with E-state index in [-0.39, 0.29) is 5.91 Å². The van der Waals surface area contributed by atoms with Gasteiger partial charge in [0.25, 0.3) is 5.91 Å². The second-order valence-corrected chi connectivity index (χ2v) is 8.82. The molecule has 30 heavy (non-hydrogen) atoms. The van der Waals surface area contributed by atoms with Gasteiger partial charge in [-0.15, -0.1) is 0 Å². The first-order valence-corrected chi connectivity index (χ1v) is 11.1. The van der Waals surface area contributed by atoms with E-state index >= 15 is 0 Å². The van der Waals surface area contributed by atoms with E-state index in [0.29, 0.717) is 11.9 Å². The molecular formula is C25H29N3O2. The Labute approximate surface area is 177 Å². The molecule has 1 saturated carbocycles. The average molecular weight is 404 g/mol. The van der Waals surface area contributed by atoms with Gasteiger partial charge in [-0.1, -0.05) is 12.1 Å². The molecule has 1 aliphatic carbocycles. The number of oxazole rings is 1. The van der Waals surface area contributed by atoms with Crippen molar-refractivity contribution in [2.75, 3.05) is 26.7 Å². The third kappa shape index (κ3) is 3.86. The van der Waals surface area contributed by atoms with Crippen LogP contribution in [0.25, 0.3) is 22.6 Å². The molecule has 0 N–H and O–H groups in total. The van der Waals surface area contributed by atoms with Crippen molar-refractivity contribution < 1.29 is 9.21 Å². The number of likely N-dealkylation sites (tertiary alicyclic amines) is 1. The van der Waals surface area contributed by atoms with Gasteiger partial charge in [-0.2, -0.15) is 0 Å². The highest BCUT2D eigenvalue weighted by Gasteiger charge is 2.31. The molecule has 2 heterocycles. The Morgan fingerprint density at radius 2 is 1.87 bits per heavy atom. The van der Waals surface area contributed by atoms with E-state index in [4.69, 9.17) is 4.42 Å². The van der Waals surface area contributed by atoms with Crippen LogP contribution in [0, 0.1) is 5.92 Å². The Morgan fingerprint density at radius 3 is 2.63 bits per heavy atom. The van der Waals surface area contributed by atoms with Crippen LogP contribution in [0.4, 0.5) is 0 Å². The lowest BCUT2D eigenvalue weighted by molar-refractivity contribution is 0.0730. The van der Waals surface area contributed by atoms with Gasteiger partial charge in [0.2, 0.25) is 5.89 Å². The van der Waals surface area contributed by atoms with Gasteiger partial charge in [0.1, 0.15) is 5.52 Å². The van der Waals surface area contributed by atoms with Crippen molar-refractivity contribution >= 4 is 17.0 Å². The van der Waals surface area contributed by atoms with E-state index in [2.05, 4.69) is 9.88 Å². The molecule has 5 heteroatoms. The minimum atomic E-state index is 0.103. The highest BCUT2D eigenvalue weighted by Crippen LogP contribution is 2.31. The highest BCUT2D eigenvalue weighted by molar-refractivity contribution is 5.94. The Hall–Kier alpha value is -2.66. The maximum Gasteiger partial charge on any atom is 0.253 e. The molecule has 2 aliphatic rings. The third-order valence-corrected chi connectivity index (χ3v) is 6.77. The summed E-state index contributed by atoms with van der Waals surface area (Å²) in [6, 6.07) is 15.7. The number of rotatable bonds is 5. The molecule has 1 aromatic heterocycles. The van der Waals surface area contributed by atoms with E-state index in [1.807, 2.05) is 60.5 Å². The topological polar surface area (TPSA) is 49.6 Å². The van der Waals surface area contributed by atoms with Gasteiger partial charge < -0.3 is 14.2 Å². The summed E-state index contributed by atoms with van der Waals surface area (Å²) in [5.41, 5.74) is 3.23. The van der Waals surface area contributed by atoms with Gasteiger partial charge in [0.15, 0.2) is 5.58 Å². The standard InChI is InChI=1S/C25H29N3O2/c1-27(21-13-8-18(16-21)17-28-14-4-5-15-28)25(29)20-11-9-19(10-12-20)24-26-22-6-2-3-7-23(22)30-24/h2-3,6-7,9-12,18,21H,4-5,8,13-17H2,1H3/t18-,21+/m0/s1. The molecule has 156 valence electrons. The number of fused-ring (bicyclic) bond motifs is 1. The van der Waals surface area contributed by atoms with Crippen LogP contribution in [0.1, 0.15) is 42.5 Å². The monoisotopic (exact) mass is 403 g/mol. The van der Waals surface area contributed by atoms with Crippen molar-refractivity contribution in [2.45, 2.75) is 38.1 Å². The van der Waals surface area contributed by atoms with Crippen molar-refractivity contribution in [3.8, 4) is 11.5 Å². The second-order valence-electron chi connectivity index (χ2n) is 8.82. The van der Waals surface area contributed by atoms with Crippen LogP contribution in [-0.2, 0) is 0 Å². The maximum atomic E-state index is 13.0. The lowest BCUT2D eigenvalue weighted by atomic mass is 10.1. The summed E-state index contributed by atoms with van der Waals surface area (Å²) in [5.74, 6) is 1.42. The molecule has 2 aromatic carbocycles. The number of carbonyl (C=O) groups excluding carboxylic acids is 1. The Kier molecular flexibility index (Phi) is 5.30. The number of amides is 1. The summed E-state index contributed by atoms with van der Waals surface area (Å²) in [6.45, 7) is 3.71. The van der Waals surface area contributed by atoms with Crippen molar-refractivity contribution in [3.05, 3.63) is 54.1 Å². The molecular weight excluding hydrogens is 374 g/mol. The fourth-order valence-electron chi connectivity index (χ4n) is 5.02. The molecule has 0 unspecified atom stereocenters. The van der Waals surface area contributed by atoms with Crippen LogP contribution >= 0.6 is 0 Å². The van der Waals surface area contributed by atoms with Gasteiger partial charge >= 0.3 is 0 Å². The SMILES string of the molecule is CN(C(=O)c1ccc(-c2nc3ccccc3o2)cc1)[C@@H]1CC[C@H](CN2CCCC2)C1. The summed E-state index contributed by atoms with van der Waals surface area (Å²) in [4.78, 5) is 22.1. The number of para-hydroxylation sites is 2. The zero-order valence-electron chi connectivity index (χ0n) is 17.6. The van der Waals surface area contributed by atoms with Crippen molar-refractivity contribution in [2.24, 2.45) is 5.92 Å². The maximum absolute atomic E-state index is 13.0. The fourth-order valence-corrected chi connectivity index (χ4v) is 5.02. The largest absolute Gasteiger partial charge is 0.436 e.